The average molecular weight is 481 g/mol. The van der Waals surface area contributed by atoms with Gasteiger partial charge in [0.25, 0.3) is 5.56 Å². The van der Waals surface area contributed by atoms with E-state index in [2.05, 4.69) is 0 Å². The Labute approximate surface area is 202 Å². The van der Waals surface area contributed by atoms with Crippen molar-refractivity contribution < 1.29 is 28.8 Å². The number of esters is 1. The summed E-state index contributed by atoms with van der Waals surface area (Å²) in [5, 5.41) is 12.0. The Morgan fingerprint density at radius 1 is 1.23 bits per heavy atom. The standard InChI is InChI=1S/C26H28N2O7/c1-5-14-20-17(8-7-9-19(20)33-4)27-22-18-12-16-15(13-35-25(30)26(16,31)6-2)23(29)28(18)24(21(14)22)34-11-10-32-3/h7-9,12,24,31H,5-6,10-11,13H2,1-4H3/t24?,26-/m0/s1. The predicted octanol–water partition coefficient (Wildman–Crippen LogP) is 2.81. The largest absolute Gasteiger partial charge is 0.496 e. The Balaban J connectivity index is 1.86. The number of ether oxygens (including phenoxy) is 4. The highest BCUT2D eigenvalue weighted by Gasteiger charge is 2.46. The second kappa shape index (κ2) is 8.75. The minimum Gasteiger partial charge on any atom is -0.496 e. The first kappa shape index (κ1) is 23.5. The number of aryl methyl sites for hydroxylation is 1. The van der Waals surface area contributed by atoms with Crippen molar-refractivity contribution in [1.29, 1.82) is 0 Å². The van der Waals surface area contributed by atoms with Crippen molar-refractivity contribution in [3.63, 3.8) is 0 Å². The van der Waals surface area contributed by atoms with Crippen LogP contribution in [0.4, 0.5) is 0 Å². The number of aromatic nitrogens is 2. The minimum absolute atomic E-state index is 0.0743. The van der Waals surface area contributed by atoms with Gasteiger partial charge in [-0.1, -0.05) is 19.9 Å². The van der Waals surface area contributed by atoms with Crippen LogP contribution < -0.4 is 10.3 Å². The van der Waals surface area contributed by atoms with Gasteiger partial charge >= 0.3 is 5.97 Å². The van der Waals surface area contributed by atoms with Crippen LogP contribution in [0.1, 0.15) is 48.8 Å². The van der Waals surface area contributed by atoms with E-state index in [0.29, 0.717) is 30.2 Å². The van der Waals surface area contributed by atoms with E-state index in [1.54, 1.807) is 31.8 Å². The molecule has 184 valence electrons. The lowest BCUT2D eigenvalue weighted by Crippen LogP contribution is -2.44. The third-order valence-electron chi connectivity index (χ3n) is 6.96. The van der Waals surface area contributed by atoms with E-state index < -0.39 is 17.8 Å². The molecule has 0 bridgehead atoms. The zero-order valence-electron chi connectivity index (χ0n) is 20.2. The molecular weight excluding hydrogens is 452 g/mol. The number of hydrogen-bond acceptors (Lipinski definition) is 8. The average Bonchev–Trinajstić information content (AvgIpc) is 3.18. The fourth-order valence-electron chi connectivity index (χ4n) is 5.19. The Hall–Kier alpha value is -3.27. The van der Waals surface area contributed by atoms with E-state index in [1.807, 2.05) is 25.1 Å². The number of carbonyl (C=O) groups excluding carboxylic acids is 1. The molecule has 1 aromatic carbocycles. The van der Waals surface area contributed by atoms with Gasteiger partial charge in [-0.15, -0.1) is 0 Å². The quantitative estimate of drug-likeness (QED) is 0.406. The highest BCUT2D eigenvalue weighted by molar-refractivity contribution is 5.93. The van der Waals surface area contributed by atoms with Crippen molar-refractivity contribution in [2.75, 3.05) is 27.4 Å². The Bertz CT molecular complexity index is 1400. The van der Waals surface area contributed by atoms with E-state index in [0.717, 1.165) is 22.0 Å². The second-order valence-corrected chi connectivity index (χ2v) is 8.66. The molecule has 9 heteroatoms. The summed E-state index contributed by atoms with van der Waals surface area (Å²) in [6.07, 6.45) is -0.0308. The van der Waals surface area contributed by atoms with Gasteiger partial charge in [-0.05, 0) is 36.6 Å². The van der Waals surface area contributed by atoms with E-state index >= 15 is 0 Å². The lowest BCUT2D eigenvalue weighted by atomic mass is 9.86. The zero-order chi connectivity index (χ0) is 24.9. The first-order valence-electron chi connectivity index (χ1n) is 11.7. The molecule has 0 saturated carbocycles. The molecule has 3 aromatic rings. The van der Waals surface area contributed by atoms with Gasteiger partial charge in [0.2, 0.25) is 0 Å². The SMILES string of the molecule is CCc1c2c(nc3cccc(OC)c13)-c1cc3c(c(=O)n1C2OCCOC)COC(=O)[C@]3(O)CC. The van der Waals surface area contributed by atoms with Gasteiger partial charge in [-0.3, -0.25) is 9.36 Å². The van der Waals surface area contributed by atoms with Crippen LogP contribution in [-0.4, -0.2) is 48.1 Å². The number of fused-ring (bicyclic) bond motifs is 5. The molecule has 0 radical (unpaired) electrons. The van der Waals surface area contributed by atoms with Gasteiger partial charge in [-0.2, -0.15) is 0 Å². The fraction of sp³-hybridized carbons (Fsp3) is 0.423. The molecule has 0 saturated heterocycles. The number of methoxy groups -OCH3 is 2. The molecule has 1 unspecified atom stereocenters. The van der Waals surface area contributed by atoms with Crippen LogP contribution in [0.2, 0.25) is 0 Å². The third-order valence-corrected chi connectivity index (χ3v) is 6.96. The molecule has 0 spiro atoms. The van der Waals surface area contributed by atoms with Gasteiger partial charge in [0, 0.05) is 23.6 Å². The van der Waals surface area contributed by atoms with Crippen molar-refractivity contribution >= 4 is 16.9 Å². The summed E-state index contributed by atoms with van der Waals surface area (Å²) in [5.74, 6) is -0.0688. The molecule has 2 aromatic heterocycles. The number of hydrogen-bond donors (Lipinski definition) is 1. The second-order valence-electron chi connectivity index (χ2n) is 8.66. The van der Waals surface area contributed by atoms with Gasteiger partial charge in [0.1, 0.15) is 12.4 Å². The molecule has 0 fully saturated rings. The van der Waals surface area contributed by atoms with Crippen LogP contribution in [0.5, 0.6) is 5.75 Å². The van der Waals surface area contributed by atoms with Crippen molar-refractivity contribution in [2.24, 2.45) is 0 Å². The molecule has 4 heterocycles. The minimum atomic E-state index is -1.90. The van der Waals surface area contributed by atoms with Crippen LogP contribution in [-0.2, 0) is 37.6 Å². The summed E-state index contributed by atoms with van der Waals surface area (Å²) in [5.41, 5.74) is 1.76. The van der Waals surface area contributed by atoms with Gasteiger partial charge in [0.05, 0.1) is 42.8 Å². The van der Waals surface area contributed by atoms with Crippen molar-refractivity contribution in [1.82, 2.24) is 9.55 Å². The lowest BCUT2D eigenvalue weighted by molar-refractivity contribution is -0.172. The van der Waals surface area contributed by atoms with Crippen LogP contribution in [0, 0.1) is 0 Å². The molecule has 5 rings (SSSR count). The van der Waals surface area contributed by atoms with Crippen molar-refractivity contribution in [3.05, 3.63) is 56.9 Å². The van der Waals surface area contributed by atoms with Gasteiger partial charge < -0.3 is 24.1 Å². The normalized spacial score (nSPS) is 20.4. The zero-order valence-corrected chi connectivity index (χ0v) is 20.2. The number of rotatable bonds is 7. The monoisotopic (exact) mass is 480 g/mol. The topological polar surface area (TPSA) is 109 Å². The Morgan fingerprint density at radius 2 is 2.03 bits per heavy atom. The Kier molecular flexibility index (Phi) is 5.86. The summed E-state index contributed by atoms with van der Waals surface area (Å²) < 4.78 is 23.8. The molecule has 9 nitrogen and oxygen atoms in total. The summed E-state index contributed by atoms with van der Waals surface area (Å²) in [6, 6.07) is 7.34. The highest BCUT2D eigenvalue weighted by Crippen LogP contribution is 2.46. The number of nitrogens with zero attached hydrogens (tertiary/aromatic N) is 2. The number of benzene rings is 1. The maximum Gasteiger partial charge on any atom is 0.343 e. The molecule has 1 N–H and O–H groups in total. The smallest absolute Gasteiger partial charge is 0.343 e. The molecule has 0 amide bonds. The van der Waals surface area contributed by atoms with Crippen LogP contribution >= 0.6 is 0 Å². The maximum absolute atomic E-state index is 13.8. The van der Waals surface area contributed by atoms with E-state index in [-0.39, 0.29) is 36.3 Å². The predicted molar refractivity (Wildman–Crippen MR) is 127 cm³/mol. The molecule has 2 aliphatic heterocycles. The number of carbonyl (C=O) groups is 1. The summed E-state index contributed by atoms with van der Waals surface area (Å²) in [7, 11) is 3.20. The summed E-state index contributed by atoms with van der Waals surface area (Å²) in [4.78, 5) is 31.3. The number of aliphatic hydroxyl groups is 1. The third kappa shape index (κ3) is 3.30. The van der Waals surface area contributed by atoms with Crippen LogP contribution in [0.3, 0.4) is 0 Å². The molecule has 2 aliphatic rings. The number of pyridine rings is 2. The fourth-order valence-corrected chi connectivity index (χ4v) is 5.19. The van der Waals surface area contributed by atoms with E-state index in [4.69, 9.17) is 23.9 Å². The van der Waals surface area contributed by atoms with E-state index in [9.17, 15) is 14.7 Å². The first-order valence-corrected chi connectivity index (χ1v) is 11.7. The highest BCUT2D eigenvalue weighted by atomic mass is 16.6. The molecular formula is C26H28N2O7. The Morgan fingerprint density at radius 3 is 2.71 bits per heavy atom. The number of cyclic esters (lactones) is 1. The molecule has 35 heavy (non-hydrogen) atoms. The summed E-state index contributed by atoms with van der Waals surface area (Å²) in [6.45, 7) is 4.11. The van der Waals surface area contributed by atoms with Crippen molar-refractivity contribution in [2.45, 2.75) is 45.1 Å². The van der Waals surface area contributed by atoms with E-state index in [1.165, 1.54) is 0 Å². The lowest BCUT2D eigenvalue weighted by Gasteiger charge is -2.32. The summed E-state index contributed by atoms with van der Waals surface area (Å²) >= 11 is 0. The van der Waals surface area contributed by atoms with Gasteiger partial charge in [-0.25, -0.2) is 9.78 Å². The van der Waals surface area contributed by atoms with Gasteiger partial charge in [0.15, 0.2) is 11.8 Å². The molecule has 0 aliphatic carbocycles. The first-order chi connectivity index (χ1) is 16.9. The molecule has 2 atom stereocenters. The van der Waals surface area contributed by atoms with Crippen molar-refractivity contribution in [3.8, 4) is 17.1 Å². The van der Waals surface area contributed by atoms with Crippen LogP contribution in [0.15, 0.2) is 29.1 Å². The maximum atomic E-state index is 13.8. The van der Waals surface area contributed by atoms with Crippen LogP contribution in [0.25, 0.3) is 22.3 Å².